The van der Waals surface area contributed by atoms with Crippen LogP contribution in [0, 0.1) is 5.92 Å². The smallest absolute Gasteiger partial charge is 0.0351 e. The second kappa shape index (κ2) is 7.05. The highest BCUT2D eigenvalue weighted by Gasteiger charge is 2.23. The van der Waals surface area contributed by atoms with Crippen LogP contribution in [0.25, 0.3) is 10.4 Å². The Balaban J connectivity index is 1.44. The van der Waals surface area contributed by atoms with Gasteiger partial charge in [-0.05, 0) is 62.2 Å². The van der Waals surface area contributed by atoms with Crippen molar-refractivity contribution in [2.24, 2.45) is 5.92 Å². The fraction of sp³-hybridized carbons (Fsp3) is 0.529. The lowest BCUT2D eigenvalue weighted by atomic mass is 10.1. The molecule has 1 aliphatic rings. The number of rotatable bonds is 6. The van der Waals surface area contributed by atoms with Gasteiger partial charge in [-0.2, -0.15) is 0 Å². The summed E-state index contributed by atoms with van der Waals surface area (Å²) in [7, 11) is 0. The van der Waals surface area contributed by atoms with Gasteiger partial charge < -0.3 is 10.2 Å². The van der Waals surface area contributed by atoms with Crippen LogP contribution in [0.15, 0.2) is 29.0 Å². The molecule has 2 aromatic heterocycles. The molecule has 0 spiro atoms. The molecule has 0 radical (unpaired) electrons. The largest absolute Gasteiger partial charge is 0.312 e. The first-order chi connectivity index (χ1) is 10.2. The van der Waals surface area contributed by atoms with E-state index in [1.807, 2.05) is 22.7 Å². The van der Waals surface area contributed by atoms with Gasteiger partial charge in [0.05, 0.1) is 0 Å². The predicted molar refractivity (Wildman–Crippen MR) is 94.2 cm³/mol. The summed E-state index contributed by atoms with van der Waals surface area (Å²) in [6, 6.07) is 7.35. The lowest BCUT2D eigenvalue weighted by Crippen LogP contribution is -2.30. The molecular formula is C17H24N2S2. The first kappa shape index (κ1) is 15.2. The zero-order valence-electron chi connectivity index (χ0n) is 12.8. The molecule has 2 nitrogen and oxygen atoms in total. The third-order valence-corrected chi connectivity index (χ3v) is 6.09. The highest BCUT2D eigenvalue weighted by molar-refractivity contribution is 7.14. The van der Waals surface area contributed by atoms with Crippen molar-refractivity contribution in [3.8, 4) is 10.4 Å². The molecule has 1 fully saturated rings. The number of hydrogen-bond donors (Lipinski definition) is 1. The highest BCUT2D eigenvalue weighted by atomic mass is 32.1. The average Bonchev–Trinajstić information content (AvgIpc) is 3.20. The second-order valence-corrected chi connectivity index (χ2v) is 8.10. The van der Waals surface area contributed by atoms with Crippen molar-refractivity contribution >= 4 is 22.7 Å². The summed E-state index contributed by atoms with van der Waals surface area (Å²) in [4.78, 5) is 5.41. The first-order valence-electron chi connectivity index (χ1n) is 7.78. The number of nitrogens with one attached hydrogen (secondary N) is 1. The van der Waals surface area contributed by atoms with Gasteiger partial charge in [0.25, 0.3) is 0 Å². The molecule has 1 N–H and O–H groups in total. The Labute approximate surface area is 135 Å². The molecule has 0 bridgehead atoms. The Hall–Kier alpha value is -0.680. The van der Waals surface area contributed by atoms with Gasteiger partial charge in [-0.3, -0.25) is 0 Å². The molecule has 0 aromatic carbocycles. The minimum absolute atomic E-state index is 0.695. The Kier molecular flexibility index (Phi) is 5.11. The molecule has 0 saturated carbocycles. The van der Waals surface area contributed by atoms with E-state index < -0.39 is 0 Å². The lowest BCUT2D eigenvalue weighted by Gasteiger charge is -2.20. The molecule has 3 heterocycles. The second-order valence-electron chi connectivity index (χ2n) is 6.15. The van der Waals surface area contributed by atoms with Gasteiger partial charge in [0, 0.05) is 34.4 Å². The van der Waals surface area contributed by atoms with Crippen LogP contribution in [-0.2, 0) is 6.54 Å². The summed E-state index contributed by atoms with van der Waals surface area (Å²) >= 11 is 3.69. The van der Waals surface area contributed by atoms with Crippen LogP contribution in [0.1, 0.15) is 25.1 Å². The fourth-order valence-electron chi connectivity index (χ4n) is 2.94. The fourth-order valence-corrected chi connectivity index (χ4v) is 4.59. The minimum atomic E-state index is 0.695. The van der Waals surface area contributed by atoms with Crippen LogP contribution in [-0.4, -0.2) is 30.6 Å². The van der Waals surface area contributed by atoms with E-state index in [2.05, 4.69) is 53.0 Å². The maximum Gasteiger partial charge on any atom is 0.0351 e. The van der Waals surface area contributed by atoms with Crippen molar-refractivity contribution < 1.29 is 0 Å². The zero-order valence-corrected chi connectivity index (χ0v) is 14.5. The van der Waals surface area contributed by atoms with Crippen LogP contribution in [0.5, 0.6) is 0 Å². The predicted octanol–water partition coefficient (Wildman–Crippen LogP) is 4.30. The quantitative estimate of drug-likeness (QED) is 0.854. The summed E-state index contributed by atoms with van der Waals surface area (Å²) < 4.78 is 0. The van der Waals surface area contributed by atoms with Crippen molar-refractivity contribution in [1.82, 2.24) is 10.2 Å². The average molecular weight is 321 g/mol. The molecule has 0 aliphatic carbocycles. The summed E-state index contributed by atoms with van der Waals surface area (Å²) in [5.41, 5.74) is 1.37. The highest BCUT2D eigenvalue weighted by Crippen LogP contribution is 2.29. The maximum atomic E-state index is 3.65. The zero-order chi connectivity index (χ0) is 14.7. The molecule has 1 saturated heterocycles. The molecule has 1 aliphatic heterocycles. The SMILES string of the molecule is CC(C)N1CCC(CNCc2cc(-c3cccs3)cs2)C1. The Bertz CT molecular complexity index is 545. The normalized spacial score (nSPS) is 19.7. The molecule has 3 rings (SSSR count). The van der Waals surface area contributed by atoms with Crippen LogP contribution >= 0.6 is 22.7 Å². The summed E-state index contributed by atoms with van der Waals surface area (Å²) in [5.74, 6) is 0.823. The maximum absolute atomic E-state index is 3.65. The van der Waals surface area contributed by atoms with Crippen molar-refractivity contribution in [1.29, 1.82) is 0 Å². The Morgan fingerprint density at radius 3 is 3.00 bits per heavy atom. The summed E-state index contributed by atoms with van der Waals surface area (Å²) in [5, 5.41) is 8.07. The van der Waals surface area contributed by atoms with Gasteiger partial charge in [0.2, 0.25) is 0 Å². The van der Waals surface area contributed by atoms with Crippen LogP contribution in [0.3, 0.4) is 0 Å². The van der Waals surface area contributed by atoms with E-state index in [1.54, 1.807) is 0 Å². The van der Waals surface area contributed by atoms with E-state index in [-0.39, 0.29) is 0 Å². The molecule has 1 atom stereocenters. The van der Waals surface area contributed by atoms with Crippen molar-refractivity contribution in [3.63, 3.8) is 0 Å². The van der Waals surface area contributed by atoms with Gasteiger partial charge >= 0.3 is 0 Å². The first-order valence-corrected chi connectivity index (χ1v) is 9.54. The van der Waals surface area contributed by atoms with E-state index in [9.17, 15) is 0 Å². The van der Waals surface area contributed by atoms with E-state index in [0.29, 0.717) is 6.04 Å². The van der Waals surface area contributed by atoms with E-state index in [0.717, 1.165) is 19.0 Å². The summed E-state index contributed by atoms with van der Waals surface area (Å²) in [6.45, 7) is 9.28. The van der Waals surface area contributed by atoms with E-state index in [1.165, 1.54) is 34.8 Å². The standard InChI is InChI=1S/C17H24N2S2/c1-13(2)19-6-5-14(11-19)9-18-10-16-8-15(12-21-16)17-4-3-7-20-17/h3-4,7-8,12-14,18H,5-6,9-11H2,1-2H3. The summed E-state index contributed by atoms with van der Waals surface area (Å²) in [6.07, 6.45) is 1.34. The molecule has 1 unspecified atom stereocenters. The van der Waals surface area contributed by atoms with Crippen LogP contribution in [0.4, 0.5) is 0 Å². The monoisotopic (exact) mass is 320 g/mol. The molecular weight excluding hydrogens is 296 g/mol. The number of nitrogens with zero attached hydrogens (tertiary/aromatic N) is 1. The van der Waals surface area contributed by atoms with Gasteiger partial charge in [0.1, 0.15) is 0 Å². The third-order valence-electron chi connectivity index (χ3n) is 4.24. The lowest BCUT2D eigenvalue weighted by molar-refractivity contribution is 0.264. The molecule has 4 heteroatoms. The van der Waals surface area contributed by atoms with Crippen molar-refractivity contribution in [2.75, 3.05) is 19.6 Å². The van der Waals surface area contributed by atoms with Crippen molar-refractivity contribution in [3.05, 3.63) is 33.8 Å². The van der Waals surface area contributed by atoms with Crippen molar-refractivity contribution in [2.45, 2.75) is 32.9 Å². The van der Waals surface area contributed by atoms with Crippen LogP contribution in [0.2, 0.25) is 0 Å². The van der Waals surface area contributed by atoms with Crippen LogP contribution < -0.4 is 5.32 Å². The Morgan fingerprint density at radius 1 is 1.38 bits per heavy atom. The molecule has 21 heavy (non-hydrogen) atoms. The third kappa shape index (κ3) is 3.95. The van der Waals surface area contributed by atoms with Gasteiger partial charge in [0.15, 0.2) is 0 Å². The minimum Gasteiger partial charge on any atom is -0.312 e. The molecule has 114 valence electrons. The topological polar surface area (TPSA) is 15.3 Å². The number of thiophene rings is 2. The number of hydrogen-bond acceptors (Lipinski definition) is 4. The van der Waals surface area contributed by atoms with Gasteiger partial charge in [-0.25, -0.2) is 0 Å². The van der Waals surface area contributed by atoms with Gasteiger partial charge in [-0.15, -0.1) is 22.7 Å². The van der Waals surface area contributed by atoms with E-state index >= 15 is 0 Å². The number of likely N-dealkylation sites (tertiary alicyclic amines) is 1. The molecule has 2 aromatic rings. The van der Waals surface area contributed by atoms with E-state index in [4.69, 9.17) is 0 Å². The molecule has 0 amide bonds. The Morgan fingerprint density at radius 2 is 2.29 bits per heavy atom. The van der Waals surface area contributed by atoms with Gasteiger partial charge in [-0.1, -0.05) is 6.07 Å².